The zero-order chi connectivity index (χ0) is 19.3. The molecule has 0 spiro atoms. The first kappa shape index (κ1) is 18.2. The van der Waals surface area contributed by atoms with E-state index in [1.54, 1.807) is 0 Å². The van der Waals surface area contributed by atoms with E-state index in [1.165, 1.54) is 7.11 Å². The number of benzene rings is 1. The normalized spacial score (nSPS) is 14.2. The maximum atomic E-state index is 12.4. The van der Waals surface area contributed by atoms with E-state index >= 15 is 0 Å². The number of amides is 1. The number of fused-ring (bicyclic) bond motifs is 1. The third-order valence-corrected chi connectivity index (χ3v) is 4.56. The topological polar surface area (TPSA) is 94.4 Å². The van der Waals surface area contributed by atoms with Crippen molar-refractivity contribution in [3.8, 4) is 6.01 Å². The van der Waals surface area contributed by atoms with E-state index < -0.39 is 0 Å². The lowest BCUT2D eigenvalue weighted by molar-refractivity contribution is -0.121. The summed E-state index contributed by atoms with van der Waals surface area (Å²) in [5.74, 6) is 0.878. The number of anilines is 1. The van der Waals surface area contributed by atoms with Gasteiger partial charge < -0.3 is 24.3 Å². The molecule has 28 heavy (non-hydrogen) atoms. The molecule has 1 fully saturated rings. The van der Waals surface area contributed by atoms with Crippen LogP contribution in [0.2, 0.25) is 0 Å². The van der Waals surface area contributed by atoms with Gasteiger partial charge in [0.1, 0.15) is 6.54 Å². The third kappa shape index (κ3) is 4.04. The van der Waals surface area contributed by atoms with Gasteiger partial charge in [0.25, 0.3) is 0 Å². The van der Waals surface area contributed by atoms with Gasteiger partial charge in [0, 0.05) is 24.8 Å². The first-order chi connectivity index (χ1) is 13.7. The second-order valence-electron chi connectivity index (χ2n) is 6.42. The van der Waals surface area contributed by atoms with Crippen molar-refractivity contribution in [1.29, 1.82) is 0 Å². The zero-order valence-corrected chi connectivity index (χ0v) is 15.7. The summed E-state index contributed by atoms with van der Waals surface area (Å²) in [6.07, 6.45) is 1.91. The quantitative estimate of drug-likeness (QED) is 0.679. The lowest BCUT2D eigenvalue weighted by Crippen LogP contribution is -2.38. The highest BCUT2D eigenvalue weighted by atomic mass is 16.5. The molecule has 0 bridgehead atoms. The predicted molar refractivity (Wildman–Crippen MR) is 103 cm³/mol. The maximum Gasteiger partial charge on any atom is 0.321 e. The van der Waals surface area contributed by atoms with Gasteiger partial charge in [0.15, 0.2) is 5.82 Å². The summed E-state index contributed by atoms with van der Waals surface area (Å²) >= 11 is 0. The van der Waals surface area contributed by atoms with Crippen LogP contribution in [0.5, 0.6) is 6.01 Å². The van der Waals surface area contributed by atoms with E-state index in [2.05, 4.69) is 20.3 Å². The Kier molecular flexibility index (Phi) is 5.34. The fourth-order valence-electron chi connectivity index (χ4n) is 3.13. The van der Waals surface area contributed by atoms with Crippen LogP contribution in [0.1, 0.15) is 5.82 Å². The zero-order valence-electron chi connectivity index (χ0n) is 15.7. The van der Waals surface area contributed by atoms with Crippen LogP contribution in [0.3, 0.4) is 0 Å². The van der Waals surface area contributed by atoms with Gasteiger partial charge in [-0.15, -0.1) is 0 Å². The van der Waals surface area contributed by atoms with Crippen molar-refractivity contribution in [1.82, 2.24) is 24.8 Å². The highest BCUT2D eigenvalue weighted by Gasteiger charge is 2.17. The summed E-state index contributed by atoms with van der Waals surface area (Å²) in [6, 6.07) is 10.2. The molecule has 4 rings (SSSR count). The van der Waals surface area contributed by atoms with Gasteiger partial charge in [-0.1, -0.05) is 18.2 Å². The summed E-state index contributed by atoms with van der Waals surface area (Å²) in [5, 5.41) is 3.98. The Bertz CT molecular complexity index is 967. The summed E-state index contributed by atoms with van der Waals surface area (Å²) in [6.45, 7) is 3.11. The Labute approximate surface area is 162 Å². The molecule has 1 aliphatic heterocycles. The minimum atomic E-state index is -0.117. The van der Waals surface area contributed by atoms with Crippen molar-refractivity contribution in [2.75, 3.05) is 38.3 Å². The number of nitrogens with zero attached hydrogens (tertiary/aromatic N) is 5. The molecular formula is C19H22N6O3. The number of morpholine rings is 1. The molecule has 0 atom stereocenters. The molecule has 1 saturated heterocycles. The highest BCUT2D eigenvalue weighted by molar-refractivity contribution is 5.83. The van der Waals surface area contributed by atoms with E-state index in [-0.39, 0.29) is 25.0 Å². The van der Waals surface area contributed by atoms with E-state index in [0.29, 0.717) is 38.1 Å². The molecule has 1 aliphatic rings. The molecule has 9 heteroatoms. The fraction of sp³-hybridized carbons (Fsp3) is 0.368. The van der Waals surface area contributed by atoms with E-state index in [4.69, 9.17) is 9.47 Å². The Morgan fingerprint density at radius 1 is 1.18 bits per heavy atom. The number of hydrogen-bond donors (Lipinski definition) is 1. The Morgan fingerprint density at radius 3 is 2.82 bits per heavy atom. The van der Waals surface area contributed by atoms with Gasteiger partial charge in [-0.2, -0.15) is 15.0 Å². The second-order valence-corrected chi connectivity index (χ2v) is 6.42. The lowest BCUT2D eigenvalue weighted by Gasteiger charge is -2.26. The monoisotopic (exact) mass is 382 g/mol. The van der Waals surface area contributed by atoms with Crippen LogP contribution in [-0.2, 0) is 22.6 Å². The SMILES string of the molecule is COc1nc(CNC(=O)Cn2ccc3ccccc32)nc(N2CCOCC2)n1. The fourth-order valence-corrected chi connectivity index (χ4v) is 3.13. The number of aromatic nitrogens is 4. The molecule has 0 saturated carbocycles. The average Bonchev–Trinajstić information content (AvgIpc) is 3.15. The summed E-state index contributed by atoms with van der Waals surface area (Å²) in [4.78, 5) is 27.4. The van der Waals surface area contributed by atoms with Gasteiger partial charge in [-0.25, -0.2) is 0 Å². The molecule has 2 aromatic heterocycles. The van der Waals surface area contributed by atoms with Gasteiger partial charge in [-0.3, -0.25) is 4.79 Å². The predicted octanol–water partition coefficient (Wildman–Crippen LogP) is 0.988. The van der Waals surface area contributed by atoms with E-state index in [1.807, 2.05) is 46.0 Å². The standard InChI is InChI=1S/C19H22N6O3/c1-27-19-22-16(21-18(23-19)24-8-10-28-11-9-24)12-20-17(26)13-25-7-6-14-4-2-3-5-15(14)25/h2-7H,8-13H2,1H3,(H,20,26). The van der Waals surface area contributed by atoms with E-state index in [9.17, 15) is 4.79 Å². The van der Waals surface area contributed by atoms with Crippen molar-refractivity contribution in [3.63, 3.8) is 0 Å². The molecule has 0 unspecified atom stereocenters. The van der Waals surface area contributed by atoms with Crippen LogP contribution in [0.15, 0.2) is 36.5 Å². The number of para-hydroxylation sites is 1. The van der Waals surface area contributed by atoms with E-state index in [0.717, 1.165) is 10.9 Å². The Hall–Kier alpha value is -3.20. The summed E-state index contributed by atoms with van der Waals surface area (Å²) in [5.41, 5.74) is 1.02. The molecular weight excluding hydrogens is 360 g/mol. The molecule has 1 amide bonds. The molecule has 0 aliphatic carbocycles. The van der Waals surface area contributed by atoms with Crippen molar-refractivity contribution in [2.45, 2.75) is 13.1 Å². The van der Waals surface area contributed by atoms with Crippen LogP contribution in [-0.4, -0.2) is 58.8 Å². The number of hydrogen-bond acceptors (Lipinski definition) is 7. The van der Waals surface area contributed by atoms with Crippen LogP contribution in [0, 0.1) is 0 Å². The minimum Gasteiger partial charge on any atom is -0.467 e. The van der Waals surface area contributed by atoms with Crippen LogP contribution in [0.4, 0.5) is 5.95 Å². The average molecular weight is 382 g/mol. The maximum absolute atomic E-state index is 12.4. The molecule has 3 heterocycles. The second kappa shape index (κ2) is 8.22. The summed E-state index contributed by atoms with van der Waals surface area (Å²) < 4.78 is 12.5. The molecule has 1 N–H and O–H groups in total. The molecule has 146 valence electrons. The Morgan fingerprint density at radius 2 is 2.00 bits per heavy atom. The van der Waals surface area contributed by atoms with Crippen LogP contribution in [0.25, 0.3) is 10.9 Å². The van der Waals surface area contributed by atoms with Gasteiger partial charge in [0.2, 0.25) is 11.9 Å². The molecule has 1 aromatic carbocycles. The third-order valence-electron chi connectivity index (χ3n) is 4.56. The Balaban J connectivity index is 1.42. The first-order valence-electron chi connectivity index (χ1n) is 9.15. The van der Waals surface area contributed by atoms with Crippen molar-refractivity contribution in [3.05, 3.63) is 42.4 Å². The van der Waals surface area contributed by atoms with Crippen molar-refractivity contribution in [2.24, 2.45) is 0 Å². The highest BCUT2D eigenvalue weighted by Crippen LogP contribution is 2.15. The van der Waals surface area contributed by atoms with Crippen LogP contribution >= 0.6 is 0 Å². The number of ether oxygens (including phenoxy) is 2. The van der Waals surface area contributed by atoms with Crippen molar-refractivity contribution >= 4 is 22.8 Å². The van der Waals surface area contributed by atoms with Gasteiger partial charge in [-0.05, 0) is 17.5 Å². The van der Waals surface area contributed by atoms with Crippen LogP contribution < -0.4 is 15.0 Å². The lowest BCUT2D eigenvalue weighted by atomic mass is 10.2. The number of nitrogens with one attached hydrogen (secondary N) is 1. The van der Waals surface area contributed by atoms with Gasteiger partial charge in [0.05, 0.1) is 26.9 Å². The number of methoxy groups -OCH3 is 1. The number of carbonyl (C=O) groups excluding carboxylic acids is 1. The smallest absolute Gasteiger partial charge is 0.321 e. The number of rotatable bonds is 6. The first-order valence-corrected chi connectivity index (χ1v) is 9.15. The minimum absolute atomic E-state index is 0.117. The molecule has 3 aromatic rings. The van der Waals surface area contributed by atoms with Gasteiger partial charge >= 0.3 is 6.01 Å². The molecule has 9 nitrogen and oxygen atoms in total. The number of carbonyl (C=O) groups is 1. The summed E-state index contributed by atoms with van der Waals surface area (Å²) in [7, 11) is 1.51. The van der Waals surface area contributed by atoms with Crippen molar-refractivity contribution < 1.29 is 14.3 Å². The molecule has 0 radical (unpaired) electrons. The largest absolute Gasteiger partial charge is 0.467 e.